The lowest BCUT2D eigenvalue weighted by Crippen LogP contribution is -2.20. The molecule has 0 radical (unpaired) electrons. The average molecular weight is 330 g/mol. The van der Waals surface area contributed by atoms with E-state index < -0.39 is 15.7 Å². The van der Waals surface area contributed by atoms with Crippen LogP contribution in [0, 0.1) is 5.82 Å². The second kappa shape index (κ2) is 4.48. The molecule has 0 atom stereocenters. The molecule has 1 aliphatic rings. The molecule has 0 spiro atoms. The third-order valence-electron chi connectivity index (χ3n) is 3.97. The van der Waals surface area contributed by atoms with Crippen LogP contribution < -0.4 is 5.56 Å². The Bertz CT molecular complexity index is 1150. The van der Waals surface area contributed by atoms with E-state index in [4.69, 9.17) is 0 Å². The number of aromatic nitrogens is 2. The van der Waals surface area contributed by atoms with Crippen LogP contribution in [0.5, 0.6) is 0 Å². The largest absolute Gasteiger partial charge is 0.268 e. The van der Waals surface area contributed by atoms with Crippen molar-refractivity contribution in [3.8, 4) is 5.69 Å². The first-order valence-electron chi connectivity index (χ1n) is 6.89. The average Bonchev–Trinajstić information content (AvgIpc) is 2.83. The summed E-state index contributed by atoms with van der Waals surface area (Å²) in [5.74, 6) is 0.0259. The summed E-state index contributed by atoms with van der Waals surface area (Å²) in [7, 11) is -3.32. The van der Waals surface area contributed by atoms with Crippen molar-refractivity contribution in [1.29, 1.82) is 0 Å². The highest BCUT2D eigenvalue weighted by Gasteiger charge is 2.24. The van der Waals surface area contributed by atoms with Gasteiger partial charge in [0.15, 0.2) is 9.84 Å². The van der Waals surface area contributed by atoms with Crippen LogP contribution in [0.25, 0.3) is 16.6 Å². The molecule has 2 heterocycles. The van der Waals surface area contributed by atoms with E-state index in [-0.39, 0.29) is 10.5 Å². The van der Waals surface area contributed by atoms with Crippen LogP contribution in [0.4, 0.5) is 4.39 Å². The van der Waals surface area contributed by atoms with Gasteiger partial charge in [0, 0.05) is 18.7 Å². The minimum Gasteiger partial charge on any atom is -0.268 e. The molecule has 23 heavy (non-hydrogen) atoms. The number of benzene rings is 2. The lowest BCUT2D eigenvalue weighted by molar-refractivity contribution is 0.602. The predicted octanol–water partition coefficient (Wildman–Crippen LogP) is 1.83. The lowest BCUT2D eigenvalue weighted by atomic mass is 10.1. The van der Waals surface area contributed by atoms with Gasteiger partial charge in [-0.1, -0.05) is 0 Å². The zero-order valence-electron chi connectivity index (χ0n) is 12.1. The molecular formula is C16H11FN2O3S. The Balaban J connectivity index is 2.01. The van der Waals surface area contributed by atoms with Crippen LogP contribution >= 0.6 is 0 Å². The van der Waals surface area contributed by atoms with E-state index in [9.17, 15) is 17.6 Å². The van der Waals surface area contributed by atoms with Crippen molar-refractivity contribution in [1.82, 2.24) is 9.55 Å². The smallest absolute Gasteiger partial charge is 0.265 e. The van der Waals surface area contributed by atoms with Crippen molar-refractivity contribution >= 4 is 20.7 Å². The van der Waals surface area contributed by atoms with E-state index in [1.54, 1.807) is 12.1 Å². The van der Waals surface area contributed by atoms with E-state index in [2.05, 4.69) is 4.98 Å². The normalized spacial score (nSPS) is 13.1. The fraction of sp³-hybridized carbons (Fsp3) is 0.125. The number of fused-ring (bicyclic) bond motifs is 4. The van der Waals surface area contributed by atoms with E-state index in [1.807, 2.05) is 0 Å². The van der Waals surface area contributed by atoms with Gasteiger partial charge >= 0.3 is 0 Å². The van der Waals surface area contributed by atoms with Gasteiger partial charge < -0.3 is 0 Å². The van der Waals surface area contributed by atoms with E-state index in [1.165, 1.54) is 28.8 Å². The molecule has 7 heteroatoms. The first-order chi connectivity index (χ1) is 10.8. The highest BCUT2D eigenvalue weighted by molar-refractivity contribution is 7.90. The number of rotatable bonds is 1. The van der Waals surface area contributed by atoms with Gasteiger partial charge in [0.1, 0.15) is 11.6 Å². The van der Waals surface area contributed by atoms with Crippen LogP contribution in [0.1, 0.15) is 11.4 Å². The van der Waals surface area contributed by atoms with E-state index >= 15 is 0 Å². The molecule has 0 N–H and O–H groups in total. The topological polar surface area (TPSA) is 69.0 Å². The zero-order chi connectivity index (χ0) is 16.4. The summed E-state index contributed by atoms with van der Waals surface area (Å²) in [5.41, 5.74) is 1.36. The molecule has 0 bridgehead atoms. The molecule has 1 aromatic heterocycles. The van der Waals surface area contributed by atoms with Crippen LogP contribution in [-0.2, 0) is 16.3 Å². The van der Waals surface area contributed by atoms with Crippen LogP contribution in [0.2, 0.25) is 0 Å². The Labute approximate surface area is 130 Å². The second-order valence-electron chi connectivity index (χ2n) is 5.57. The number of hydrogen-bond donors (Lipinski definition) is 0. The van der Waals surface area contributed by atoms with Gasteiger partial charge in [-0.3, -0.25) is 9.36 Å². The van der Waals surface area contributed by atoms with E-state index in [0.717, 1.165) is 6.26 Å². The fourth-order valence-electron chi connectivity index (χ4n) is 2.89. The molecule has 1 aliphatic heterocycles. The molecule has 2 aromatic carbocycles. The molecule has 5 nitrogen and oxygen atoms in total. The minimum absolute atomic E-state index is 0.202. The minimum atomic E-state index is -3.32. The second-order valence-corrected chi connectivity index (χ2v) is 7.59. The van der Waals surface area contributed by atoms with Crippen LogP contribution in [0.3, 0.4) is 0 Å². The van der Waals surface area contributed by atoms with Crippen molar-refractivity contribution in [2.45, 2.75) is 11.3 Å². The first kappa shape index (κ1) is 14.1. The molecule has 4 rings (SSSR count). The maximum Gasteiger partial charge on any atom is 0.265 e. The Morgan fingerprint density at radius 3 is 2.70 bits per heavy atom. The highest BCUT2D eigenvalue weighted by Crippen LogP contribution is 2.28. The maximum atomic E-state index is 13.4. The van der Waals surface area contributed by atoms with Gasteiger partial charge in [0.2, 0.25) is 0 Å². The summed E-state index contributed by atoms with van der Waals surface area (Å²) >= 11 is 0. The molecule has 0 saturated carbocycles. The fourth-order valence-corrected chi connectivity index (χ4v) is 3.57. The molecule has 0 unspecified atom stereocenters. The van der Waals surface area contributed by atoms with Gasteiger partial charge in [-0.25, -0.2) is 17.8 Å². The third-order valence-corrected chi connectivity index (χ3v) is 5.08. The summed E-state index contributed by atoms with van der Waals surface area (Å²) < 4.78 is 38.2. The van der Waals surface area contributed by atoms with Crippen molar-refractivity contribution in [3.63, 3.8) is 0 Å². The van der Waals surface area contributed by atoms with Crippen molar-refractivity contribution in [2.24, 2.45) is 0 Å². The molecule has 0 fully saturated rings. The van der Waals surface area contributed by atoms with Crippen molar-refractivity contribution in [2.75, 3.05) is 6.26 Å². The number of hydrogen-bond acceptors (Lipinski definition) is 4. The van der Waals surface area contributed by atoms with Gasteiger partial charge in [-0.15, -0.1) is 0 Å². The van der Waals surface area contributed by atoms with Crippen LogP contribution in [0.15, 0.2) is 46.1 Å². The zero-order valence-corrected chi connectivity index (χ0v) is 12.9. The van der Waals surface area contributed by atoms with Crippen molar-refractivity contribution < 1.29 is 12.8 Å². The van der Waals surface area contributed by atoms with Crippen LogP contribution in [-0.4, -0.2) is 24.2 Å². The summed E-state index contributed by atoms with van der Waals surface area (Å²) in [6, 6.07) is 8.51. The third kappa shape index (κ3) is 2.08. The van der Waals surface area contributed by atoms with Gasteiger partial charge in [-0.05, 0) is 35.9 Å². The number of halogens is 1. The van der Waals surface area contributed by atoms with Gasteiger partial charge in [0.05, 0.1) is 21.5 Å². The lowest BCUT2D eigenvalue weighted by Gasteiger charge is -2.07. The summed E-state index contributed by atoms with van der Waals surface area (Å²) in [6.45, 7) is 0. The predicted molar refractivity (Wildman–Crippen MR) is 83.2 cm³/mol. The van der Waals surface area contributed by atoms with Gasteiger partial charge in [-0.2, -0.15) is 0 Å². The number of sulfone groups is 1. The summed E-state index contributed by atoms with van der Waals surface area (Å²) in [6.07, 6.45) is 1.47. The molecule has 0 aliphatic carbocycles. The SMILES string of the molecule is CS(=O)(=O)c1ccc2c(c1)Cc1nc3cc(F)ccc3c(=O)n1-2. The first-order valence-corrected chi connectivity index (χ1v) is 8.78. The standard InChI is InChI=1S/C16H11FN2O3S/c1-23(21,22)11-3-5-14-9(6-11)7-15-18-13-8-10(17)2-4-12(13)16(20)19(14)15/h2-6,8H,7H2,1H3. The van der Waals surface area contributed by atoms with E-state index in [0.29, 0.717) is 34.4 Å². The Kier molecular flexibility index (Phi) is 2.74. The quantitative estimate of drug-likeness (QED) is 0.534. The molecule has 0 saturated heterocycles. The van der Waals surface area contributed by atoms with Gasteiger partial charge in [0.25, 0.3) is 5.56 Å². The Hall–Kier alpha value is -2.54. The monoisotopic (exact) mass is 330 g/mol. The molecule has 0 amide bonds. The Morgan fingerprint density at radius 2 is 1.96 bits per heavy atom. The number of nitrogens with zero attached hydrogens (tertiary/aromatic N) is 2. The maximum absolute atomic E-state index is 13.4. The molecule has 3 aromatic rings. The summed E-state index contributed by atoms with van der Waals surface area (Å²) in [4.78, 5) is 17.2. The molecular weight excluding hydrogens is 319 g/mol. The highest BCUT2D eigenvalue weighted by atomic mass is 32.2. The molecule has 116 valence electrons. The Morgan fingerprint density at radius 1 is 1.17 bits per heavy atom. The van der Waals surface area contributed by atoms with Crippen molar-refractivity contribution in [3.05, 3.63) is 64.0 Å². The summed E-state index contributed by atoms with van der Waals surface area (Å²) in [5, 5.41) is 0.329.